The first kappa shape index (κ1) is 29.7. The summed E-state index contributed by atoms with van der Waals surface area (Å²) in [6, 6.07) is 3.67. The summed E-state index contributed by atoms with van der Waals surface area (Å²) in [6.07, 6.45) is -4.69. The number of methoxy groups -OCH3 is 2. The first-order valence-electron chi connectivity index (χ1n) is 12.4. The van der Waals surface area contributed by atoms with Gasteiger partial charge in [0.05, 0.1) is 27.3 Å². The number of pyridine rings is 1. The molecule has 3 N–H and O–H groups in total. The predicted octanol–water partition coefficient (Wildman–Crippen LogP) is 1.97. The summed E-state index contributed by atoms with van der Waals surface area (Å²) >= 11 is 0. The smallest absolute Gasteiger partial charge is 0.433 e. The molecule has 2 aromatic heterocycles. The van der Waals surface area contributed by atoms with Crippen LogP contribution in [0, 0.1) is 0 Å². The average Bonchev–Trinajstić information content (AvgIpc) is 3.38. The molecule has 1 unspecified atom stereocenters. The van der Waals surface area contributed by atoms with Crippen LogP contribution in [0.3, 0.4) is 0 Å². The van der Waals surface area contributed by atoms with Gasteiger partial charge in [-0.15, -0.1) is 0 Å². The summed E-state index contributed by atoms with van der Waals surface area (Å²) in [7, 11) is 2.42. The molecule has 3 heterocycles. The zero-order chi connectivity index (χ0) is 30.3. The number of aromatic nitrogens is 2. The summed E-state index contributed by atoms with van der Waals surface area (Å²) in [5.41, 5.74) is 2.92. The lowest BCUT2D eigenvalue weighted by molar-refractivity contribution is -0.156. The molecule has 0 spiro atoms. The highest BCUT2D eigenvalue weighted by atomic mass is 19.4. The summed E-state index contributed by atoms with van der Waals surface area (Å²) < 4.78 is 55.8. The molecule has 12 nitrogen and oxygen atoms in total. The van der Waals surface area contributed by atoms with E-state index in [1.165, 1.54) is 49.0 Å². The Labute approximate surface area is 231 Å². The number of esters is 1. The molecule has 1 aliphatic rings. The van der Waals surface area contributed by atoms with Crippen molar-refractivity contribution in [3.63, 3.8) is 0 Å². The van der Waals surface area contributed by atoms with E-state index in [1.807, 2.05) is 0 Å². The zero-order valence-corrected chi connectivity index (χ0v) is 22.6. The topological polar surface area (TPSA) is 161 Å². The number of ether oxygens (including phenoxy) is 2. The number of carbonyl (C=O) groups is 3. The summed E-state index contributed by atoms with van der Waals surface area (Å²) in [6.45, 7) is 2.04. The van der Waals surface area contributed by atoms with Gasteiger partial charge >= 0.3 is 12.1 Å². The Balaban J connectivity index is 1.74. The van der Waals surface area contributed by atoms with E-state index in [0.717, 1.165) is 13.2 Å². The molecule has 1 saturated heterocycles. The Bertz CT molecular complexity index is 1500. The van der Waals surface area contributed by atoms with Crippen LogP contribution in [0.1, 0.15) is 35.8 Å². The number of carbonyl (C=O) groups excluding carboxylic acids is 3. The largest absolute Gasteiger partial charge is 0.494 e. The molecule has 1 aliphatic heterocycles. The minimum absolute atomic E-state index is 0.0149. The van der Waals surface area contributed by atoms with Crippen LogP contribution < -0.4 is 10.5 Å². The second-order valence-electron chi connectivity index (χ2n) is 9.75. The molecular weight excluding hydrogens is 551 g/mol. The molecule has 220 valence electrons. The summed E-state index contributed by atoms with van der Waals surface area (Å²) in [5, 5.41) is 10.3. The number of nitrogens with two attached hydrogens (primary N) is 1. The van der Waals surface area contributed by atoms with Gasteiger partial charge in [0.15, 0.2) is 11.5 Å². The number of hydrogen-bond donors (Lipinski definition) is 2. The number of nitrogens with zero attached hydrogens (tertiary/aromatic N) is 4. The van der Waals surface area contributed by atoms with E-state index in [4.69, 9.17) is 19.6 Å². The van der Waals surface area contributed by atoms with Gasteiger partial charge in [0.25, 0.3) is 11.8 Å². The molecule has 1 fully saturated rings. The van der Waals surface area contributed by atoms with Gasteiger partial charge < -0.3 is 34.5 Å². The highest BCUT2D eigenvalue weighted by Gasteiger charge is 2.42. The Morgan fingerprint density at radius 1 is 1.12 bits per heavy atom. The van der Waals surface area contributed by atoms with Crippen molar-refractivity contribution in [1.29, 1.82) is 0 Å². The fourth-order valence-corrected chi connectivity index (χ4v) is 4.54. The molecule has 0 bridgehead atoms. The van der Waals surface area contributed by atoms with Gasteiger partial charge in [-0.25, -0.2) is 14.8 Å². The van der Waals surface area contributed by atoms with E-state index in [9.17, 15) is 32.7 Å². The lowest BCUT2D eigenvalue weighted by Gasteiger charge is -2.41. The first-order valence-corrected chi connectivity index (χ1v) is 12.4. The van der Waals surface area contributed by atoms with Crippen molar-refractivity contribution in [2.24, 2.45) is 5.73 Å². The maximum absolute atomic E-state index is 13.7. The van der Waals surface area contributed by atoms with Gasteiger partial charge in [-0.1, -0.05) is 0 Å². The lowest BCUT2D eigenvalue weighted by atomic mass is 10.1. The van der Waals surface area contributed by atoms with Crippen LogP contribution in [0.25, 0.3) is 22.4 Å². The number of alkyl halides is 3. The van der Waals surface area contributed by atoms with Crippen molar-refractivity contribution in [3.8, 4) is 17.2 Å². The Hall–Kier alpha value is -4.24. The summed E-state index contributed by atoms with van der Waals surface area (Å²) in [5.74, 6) is -2.23. The Morgan fingerprint density at radius 3 is 2.41 bits per heavy atom. The van der Waals surface area contributed by atoms with Crippen LogP contribution in [-0.2, 0) is 27.0 Å². The SMILES string of the molecule is COC(=O)C1CN(C(=O)C(C)(C)O)CCN1C(=O)c1nc(-c2ccc(OC)c3nc(C(F)(F)F)ccc23)oc1CN. The van der Waals surface area contributed by atoms with Crippen molar-refractivity contribution in [2.75, 3.05) is 33.9 Å². The number of aliphatic hydroxyl groups is 1. The molecule has 15 heteroatoms. The molecule has 41 heavy (non-hydrogen) atoms. The number of oxazole rings is 1. The second kappa shape index (κ2) is 11.0. The molecular formula is C26H28F3N5O7. The van der Waals surface area contributed by atoms with Crippen LogP contribution in [0.2, 0.25) is 0 Å². The molecule has 1 atom stereocenters. The van der Waals surface area contributed by atoms with E-state index in [-0.39, 0.29) is 65.7 Å². The highest BCUT2D eigenvalue weighted by Crippen LogP contribution is 2.37. The van der Waals surface area contributed by atoms with Gasteiger partial charge in [-0.2, -0.15) is 13.2 Å². The third-order valence-electron chi connectivity index (χ3n) is 6.57. The normalized spacial score (nSPS) is 16.2. The number of amides is 2. The van der Waals surface area contributed by atoms with E-state index >= 15 is 0 Å². The molecule has 2 amide bonds. The van der Waals surface area contributed by atoms with Crippen molar-refractivity contribution >= 4 is 28.7 Å². The Kier molecular flexibility index (Phi) is 7.96. The second-order valence-corrected chi connectivity index (χ2v) is 9.75. The standard InChI is InChI=1S/C26H28F3N5O7/c1-25(2,38)24(37)33-9-10-34(15(12-33)23(36)40-4)22(35)20-17(11-30)41-21(32-20)14-5-7-16(39-3)19-13(14)6-8-18(31-19)26(27,28)29/h5-8,15,38H,9-12,30H2,1-4H3. The van der Waals surface area contributed by atoms with Crippen molar-refractivity contribution in [2.45, 2.75) is 38.2 Å². The van der Waals surface area contributed by atoms with Crippen LogP contribution in [0.4, 0.5) is 13.2 Å². The third-order valence-corrected chi connectivity index (χ3v) is 6.57. The maximum Gasteiger partial charge on any atom is 0.433 e. The maximum atomic E-state index is 13.7. The van der Waals surface area contributed by atoms with Gasteiger partial charge in [0.2, 0.25) is 5.89 Å². The minimum atomic E-state index is -4.69. The monoisotopic (exact) mass is 579 g/mol. The third kappa shape index (κ3) is 5.67. The first-order chi connectivity index (χ1) is 19.2. The van der Waals surface area contributed by atoms with Gasteiger partial charge in [0, 0.05) is 24.0 Å². The Morgan fingerprint density at radius 2 is 1.83 bits per heavy atom. The van der Waals surface area contributed by atoms with Crippen molar-refractivity contribution < 1.29 is 46.6 Å². The molecule has 3 aromatic rings. The van der Waals surface area contributed by atoms with Gasteiger partial charge in [0.1, 0.15) is 28.6 Å². The van der Waals surface area contributed by atoms with Crippen molar-refractivity contribution in [1.82, 2.24) is 19.8 Å². The minimum Gasteiger partial charge on any atom is -0.494 e. The number of halogens is 3. The molecule has 0 saturated carbocycles. The lowest BCUT2D eigenvalue weighted by Crippen LogP contribution is -2.62. The van der Waals surface area contributed by atoms with E-state index in [0.29, 0.717) is 0 Å². The number of benzene rings is 1. The fourth-order valence-electron chi connectivity index (χ4n) is 4.54. The fraction of sp³-hybridized carbons (Fsp3) is 0.423. The molecule has 0 aliphatic carbocycles. The van der Waals surface area contributed by atoms with Crippen LogP contribution >= 0.6 is 0 Å². The van der Waals surface area contributed by atoms with Gasteiger partial charge in [-0.05, 0) is 38.1 Å². The zero-order valence-electron chi connectivity index (χ0n) is 22.6. The molecule has 1 aromatic carbocycles. The molecule has 4 rings (SSSR count). The predicted molar refractivity (Wildman–Crippen MR) is 136 cm³/mol. The van der Waals surface area contributed by atoms with E-state index in [1.54, 1.807) is 0 Å². The summed E-state index contributed by atoms with van der Waals surface area (Å²) in [4.78, 5) is 49.4. The average molecular weight is 580 g/mol. The highest BCUT2D eigenvalue weighted by molar-refractivity contribution is 5.99. The van der Waals surface area contributed by atoms with Crippen molar-refractivity contribution in [3.05, 3.63) is 41.4 Å². The van der Waals surface area contributed by atoms with Crippen LogP contribution in [0.5, 0.6) is 5.75 Å². The van der Waals surface area contributed by atoms with E-state index < -0.39 is 41.3 Å². The van der Waals surface area contributed by atoms with E-state index in [2.05, 4.69) is 9.97 Å². The van der Waals surface area contributed by atoms with Gasteiger partial charge in [-0.3, -0.25) is 9.59 Å². The number of fused-ring (bicyclic) bond motifs is 1. The number of piperazine rings is 1. The number of rotatable bonds is 6. The number of hydrogen-bond acceptors (Lipinski definition) is 10. The van der Waals surface area contributed by atoms with Crippen LogP contribution in [0.15, 0.2) is 28.7 Å². The quantitative estimate of drug-likeness (QED) is 0.413. The van der Waals surface area contributed by atoms with Crippen LogP contribution in [-0.4, -0.2) is 88.2 Å². The molecule has 0 radical (unpaired) electrons.